The van der Waals surface area contributed by atoms with Crippen LogP contribution in [-0.2, 0) is 27.9 Å². The lowest BCUT2D eigenvalue weighted by Crippen LogP contribution is -2.57. The molecule has 0 amide bonds. The standard InChI is InChI=1S/C22H46O6Si2/c1-15(2)25-19(23)17(27-29(11,12)21(5,6)7)18(20(24)26-16(3)4)28-30(13,14)22(8,9)10/h15-18H,1-14H3/t17-,18-/m0/s1. The minimum absolute atomic E-state index is 0.160. The highest BCUT2D eigenvalue weighted by atomic mass is 28.4. The molecule has 30 heavy (non-hydrogen) atoms. The summed E-state index contributed by atoms with van der Waals surface area (Å²) in [5, 5.41) is -0.320. The highest BCUT2D eigenvalue weighted by Gasteiger charge is 2.50. The zero-order valence-electron chi connectivity index (χ0n) is 21.8. The molecule has 0 N–H and O–H groups in total. The van der Waals surface area contributed by atoms with E-state index in [1.165, 1.54) is 0 Å². The molecule has 0 aromatic rings. The van der Waals surface area contributed by atoms with Gasteiger partial charge in [-0.05, 0) is 64.0 Å². The predicted octanol–water partition coefficient (Wildman–Crippen LogP) is 5.67. The SMILES string of the molecule is CC(C)OC(=O)[C@@H](O[Si](C)(C)C(C)(C)C)[C@H](O[Si](C)(C)C(C)(C)C)C(=O)OC(C)C. The van der Waals surface area contributed by atoms with Crippen molar-refractivity contribution in [2.24, 2.45) is 0 Å². The lowest BCUT2D eigenvalue weighted by atomic mass is 10.2. The van der Waals surface area contributed by atoms with Gasteiger partial charge in [-0.1, -0.05) is 41.5 Å². The van der Waals surface area contributed by atoms with Crippen molar-refractivity contribution < 1.29 is 27.9 Å². The molecule has 6 nitrogen and oxygen atoms in total. The van der Waals surface area contributed by atoms with E-state index in [0.717, 1.165) is 0 Å². The van der Waals surface area contributed by atoms with E-state index in [4.69, 9.17) is 18.3 Å². The summed E-state index contributed by atoms with van der Waals surface area (Å²) in [5.41, 5.74) is 0. The molecule has 0 rings (SSSR count). The molecule has 2 atom stereocenters. The molecule has 0 radical (unpaired) electrons. The summed E-state index contributed by atoms with van der Waals surface area (Å²) in [6, 6.07) is 0. The van der Waals surface area contributed by atoms with Crippen LogP contribution in [0.25, 0.3) is 0 Å². The van der Waals surface area contributed by atoms with Crippen molar-refractivity contribution in [2.75, 3.05) is 0 Å². The second kappa shape index (κ2) is 10.3. The normalized spacial score (nSPS) is 15.9. The molecule has 0 aromatic heterocycles. The molecule has 0 saturated heterocycles. The summed E-state index contributed by atoms with van der Waals surface area (Å²) in [5.74, 6) is -1.17. The van der Waals surface area contributed by atoms with Crippen molar-refractivity contribution in [1.29, 1.82) is 0 Å². The first-order valence-corrected chi connectivity index (χ1v) is 16.7. The fourth-order valence-corrected chi connectivity index (χ4v) is 4.47. The number of carbonyl (C=O) groups excluding carboxylic acids is 2. The molecule has 0 aliphatic carbocycles. The summed E-state index contributed by atoms with van der Waals surface area (Å²) in [6.07, 6.45) is -3.02. The van der Waals surface area contributed by atoms with E-state index < -0.39 is 40.8 Å². The Balaban J connectivity index is 6.36. The molecule has 8 heteroatoms. The second-order valence-electron chi connectivity index (χ2n) is 11.6. The first-order chi connectivity index (χ1) is 13.1. The van der Waals surface area contributed by atoms with E-state index in [9.17, 15) is 9.59 Å². The maximum absolute atomic E-state index is 13.1. The van der Waals surface area contributed by atoms with E-state index in [2.05, 4.69) is 41.5 Å². The number of carbonyl (C=O) groups is 2. The maximum atomic E-state index is 13.1. The summed E-state index contributed by atoms with van der Waals surface area (Å²) in [7, 11) is -4.85. The average molecular weight is 463 g/mol. The number of ether oxygens (including phenoxy) is 2. The van der Waals surface area contributed by atoms with E-state index >= 15 is 0 Å². The van der Waals surface area contributed by atoms with Gasteiger partial charge in [-0.3, -0.25) is 0 Å². The zero-order valence-corrected chi connectivity index (χ0v) is 23.8. The zero-order chi connectivity index (χ0) is 24.3. The summed E-state index contributed by atoms with van der Waals surface area (Å²) >= 11 is 0. The summed E-state index contributed by atoms with van der Waals surface area (Å²) in [6.45, 7) is 27.8. The van der Waals surface area contributed by atoms with Gasteiger partial charge in [-0.25, -0.2) is 9.59 Å². The topological polar surface area (TPSA) is 71.1 Å². The Morgan fingerprint density at radius 1 is 0.600 bits per heavy atom. The molecule has 0 saturated carbocycles. The third kappa shape index (κ3) is 8.44. The first-order valence-electron chi connectivity index (χ1n) is 10.9. The molecule has 0 fully saturated rings. The molecule has 0 aromatic carbocycles. The van der Waals surface area contributed by atoms with Gasteiger partial charge in [-0.15, -0.1) is 0 Å². The molecule has 0 unspecified atom stereocenters. The van der Waals surface area contributed by atoms with Crippen molar-refractivity contribution >= 4 is 28.6 Å². The highest BCUT2D eigenvalue weighted by Crippen LogP contribution is 2.40. The molecule has 0 heterocycles. The lowest BCUT2D eigenvalue weighted by molar-refractivity contribution is -0.174. The van der Waals surface area contributed by atoms with Crippen molar-refractivity contribution in [3.8, 4) is 0 Å². The minimum atomic E-state index is -2.42. The van der Waals surface area contributed by atoms with Crippen LogP contribution in [0.15, 0.2) is 0 Å². The van der Waals surface area contributed by atoms with Crippen molar-refractivity contribution in [3.05, 3.63) is 0 Å². The number of esters is 2. The fourth-order valence-electron chi connectivity index (χ4n) is 2.05. The van der Waals surface area contributed by atoms with E-state index in [-0.39, 0.29) is 22.3 Å². The van der Waals surface area contributed by atoms with Gasteiger partial charge in [0.25, 0.3) is 0 Å². The van der Waals surface area contributed by atoms with Crippen LogP contribution in [0.3, 0.4) is 0 Å². The van der Waals surface area contributed by atoms with Crippen LogP contribution in [0.5, 0.6) is 0 Å². The van der Waals surface area contributed by atoms with Crippen LogP contribution in [0.1, 0.15) is 69.2 Å². The summed E-state index contributed by atoms with van der Waals surface area (Å²) < 4.78 is 23.9. The summed E-state index contributed by atoms with van der Waals surface area (Å²) in [4.78, 5) is 26.3. The van der Waals surface area contributed by atoms with Gasteiger partial charge >= 0.3 is 11.9 Å². The molecule has 0 aliphatic heterocycles. The smallest absolute Gasteiger partial charge is 0.337 e. The minimum Gasteiger partial charge on any atom is -0.461 e. The van der Waals surface area contributed by atoms with E-state index in [0.29, 0.717) is 0 Å². The molecule has 0 spiro atoms. The number of rotatable bonds is 9. The number of hydrogen-bond acceptors (Lipinski definition) is 6. The van der Waals surface area contributed by atoms with Gasteiger partial charge in [0, 0.05) is 0 Å². The van der Waals surface area contributed by atoms with Crippen LogP contribution in [-0.4, -0.2) is 53.0 Å². The van der Waals surface area contributed by atoms with Crippen LogP contribution in [0, 0.1) is 0 Å². The van der Waals surface area contributed by atoms with Crippen molar-refractivity contribution in [3.63, 3.8) is 0 Å². The fraction of sp³-hybridized carbons (Fsp3) is 0.909. The Morgan fingerprint density at radius 3 is 1.00 bits per heavy atom. The Labute approximate surface area is 186 Å². The van der Waals surface area contributed by atoms with Gasteiger partial charge in [0.2, 0.25) is 0 Å². The van der Waals surface area contributed by atoms with Crippen LogP contribution in [0.2, 0.25) is 36.3 Å². The molecule has 178 valence electrons. The Kier molecular flexibility index (Phi) is 10.0. The van der Waals surface area contributed by atoms with Crippen LogP contribution < -0.4 is 0 Å². The van der Waals surface area contributed by atoms with Crippen molar-refractivity contribution in [1.82, 2.24) is 0 Å². The first kappa shape index (κ1) is 29.3. The quantitative estimate of drug-likeness (QED) is 0.325. The van der Waals surface area contributed by atoms with Crippen LogP contribution in [0.4, 0.5) is 0 Å². The Morgan fingerprint density at radius 2 is 0.833 bits per heavy atom. The third-order valence-corrected chi connectivity index (χ3v) is 14.8. The lowest BCUT2D eigenvalue weighted by Gasteiger charge is -2.43. The monoisotopic (exact) mass is 462 g/mol. The number of hydrogen-bond donors (Lipinski definition) is 0. The van der Waals surface area contributed by atoms with Gasteiger partial charge < -0.3 is 18.3 Å². The highest BCUT2D eigenvalue weighted by molar-refractivity contribution is 6.75. The van der Waals surface area contributed by atoms with Gasteiger partial charge in [0.05, 0.1) is 12.2 Å². The Hall–Kier alpha value is -0.706. The molecule has 0 aliphatic rings. The largest absolute Gasteiger partial charge is 0.461 e. The maximum Gasteiger partial charge on any atom is 0.337 e. The van der Waals surface area contributed by atoms with Gasteiger partial charge in [-0.2, -0.15) is 0 Å². The average Bonchev–Trinajstić information content (AvgIpc) is 2.46. The third-order valence-electron chi connectivity index (χ3n) is 5.90. The van der Waals surface area contributed by atoms with Gasteiger partial charge in [0.15, 0.2) is 28.8 Å². The molecule has 0 bridgehead atoms. The van der Waals surface area contributed by atoms with Crippen LogP contribution >= 0.6 is 0 Å². The molecular formula is C22H46O6Si2. The predicted molar refractivity (Wildman–Crippen MR) is 127 cm³/mol. The van der Waals surface area contributed by atoms with Gasteiger partial charge in [0.1, 0.15) is 0 Å². The van der Waals surface area contributed by atoms with E-state index in [1.54, 1.807) is 27.7 Å². The molecular weight excluding hydrogens is 416 g/mol. The van der Waals surface area contributed by atoms with Crippen molar-refractivity contribution in [2.45, 2.75) is 130 Å². The van der Waals surface area contributed by atoms with E-state index in [1.807, 2.05) is 26.2 Å². The second-order valence-corrected chi connectivity index (χ2v) is 21.1. The Bertz CT molecular complexity index is 533.